The molecule has 0 aromatic rings. The van der Waals surface area contributed by atoms with Crippen LogP contribution in [0, 0.1) is 0 Å². The number of carboxylic acids is 1. The van der Waals surface area contributed by atoms with Crippen molar-refractivity contribution in [2.75, 3.05) is 12.0 Å². The molecule has 0 saturated heterocycles. The molecule has 5 nitrogen and oxygen atoms in total. The van der Waals surface area contributed by atoms with Gasteiger partial charge in [-0.1, -0.05) is 0 Å². The topological polar surface area (TPSA) is 66.8 Å². The molecule has 0 aromatic carbocycles. The van der Waals surface area contributed by atoms with E-state index in [4.69, 9.17) is 9.94 Å². The molecule has 0 aliphatic rings. The number of amides is 1. The first-order valence-electron chi connectivity index (χ1n) is 4.46. The number of rotatable bonds is 6. The van der Waals surface area contributed by atoms with Crippen molar-refractivity contribution in [1.82, 2.24) is 5.06 Å². The zero-order valence-corrected chi connectivity index (χ0v) is 10.2. The Morgan fingerprint density at radius 1 is 1.60 bits per heavy atom. The highest BCUT2D eigenvalue weighted by molar-refractivity contribution is 7.98. The molecule has 15 heavy (non-hydrogen) atoms. The minimum absolute atomic E-state index is 0.296. The molecule has 1 atom stereocenters. The quantitative estimate of drug-likeness (QED) is 0.549. The molecule has 1 amide bonds. The van der Waals surface area contributed by atoms with Crippen molar-refractivity contribution in [1.29, 1.82) is 0 Å². The Hall–Kier alpha value is -0.750. The summed E-state index contributed by atoms with van der Waals surface area (Å²) in [5.41, 5.74) is -0.590. The number of aliphatic carboxylic acids is 1. The zero-order valence-electron chi connectivity index (χ0n) is 9.39. The van der Waals surface area contributed by atoms with Gasteiger partial charge in [0.15, 0.2) is 6.04 Å². The van der Waals surface area contributed by atoms with E-state index in [1.54, 1.807) is 27.0 Å². The average Bonchev–Trinajstić information content (AvgIpc) is 2.08. The van der Waals surface area contributed by atoms with Crippen molar-refractivity contribution in [3.8, 4) is 0 Å². The second kappa shape index (κ2) is 5.97. The molecular formula is C9H17NO4S. The first-order valence-corrected chi connectivity index (χ1v) is 5.85. The SMILES string of the molecule is CSCC(C(=O)O)N(C=O)OC(C)(C)C. The molecule has 0 aromatic heterocycles. The number of thioether (sulfide) groups is 1. The Morgan fingerprint density at radius 3 is 2.40 bits per heavy atom. The summed E-state index contributed by atoms with van der Waals surface area (Å²) in [6, 6.07) is -0.947. The molecule has 0 spiro atoms. The molecule has 0 radical (unpaired) electrons. The van der Waals surface area contributed by atoms with E-state index in [0.717, 1.165) is 5.06 Å². The third-order valence-corrected chi connectivity index (χ3v) is 2.05. The van der Waals surface area contributed by atoms with Gasteiger partial charge in [0.1, 0.15) is 0 Å². The largest absolute Gasteiger partial charge is 0.480 e. The van der Waals surface area contributed by atoms with Crippen molar-refractivity contribution < 1.29 is 19.5 Å². The number of hydrogen-bond acceptors (Lipinski definition) is 4. The summed E-state index contributed by atoms with van der Waals surface area (Å²) in [4.78, 5) is 26.8. The molecule has 88 valence electrons. The van der Waals surface area contributed by atoms with Gasteiger partial charge in [-0.15, -0.1) is 0 Å². The van der Waals surface area contributed by atoms with E-state index in [0.29, 0.717) is 12.2 Å². The maximum absolute atomic E-state index is 10.9. The van der Waals surface area contributed by atoms with Crippen molar-refractivity contribution in [3.05, 3.63) is 0 Å². The molecule has 0 rings (SSSR count). The Balaban J connectivity index is 4.59. The summed E-state index contributed by atoms with van der Waals surface area (Å²) in [6.45, 7) is 5.25. The lowest BCUT2D eigenvalue weighted by Crippen LogP contribution is -2.46. The third kappa shape index (κ3) is 5.64. The fraction of sp³-hybridized carbons (Fsp3) is 0.778. The van der Waals surface area contributed by atoms with Crippen LogP contribution in [0.1, 0.15) is 20.8 Å². The average molecular weight is 235 g/mol. The highest BCUT2D eigenvalue weighted by Crippen LogP contribution is 2.14. The van der Waals surface area contributed by atoms with E-state index in [1.807, 2.05) is 0 Å². The highest BCUT2D eigenvalue weighted by atomic mass is 32.2. The number of hydroxylamine groups is 2. The smallest absolute Gasteiger partial charge is 0.329 e. The van der Waals surface area contributed by atoms with Crippen LogP contribution in [-0.4, -0.2) is 46.2 Å². The normalized spacial score (nSPS) is 13.3. The van der Waals surface area contributed by atoms with Crippen LogP contribution in [0.15, 0.2) is 0 Å². The predicted molar refractivity (Wildman–Crippen MR) is 58.5 cm³/mol. The molecule has 0 aliphatic heterocycles. The van der Waals surface area contributed by atoms with Crippen LogP contribution >= 0.6 is 11.8 Å². The molecule has 1 unspecified atom stereocenters. The Kier molecular flexibility index (Phi) is 5.67. The third-order valence-electron chi connectivity index (χ3n) is 1.40. The van der Waals surface area contributed by atoms with Gasteiger partial charge in [0.2, 0.25) is 6.41 Å². The van der Waals surface area contributed by atoms with E-state index in [1.165, 1.54) is 11.8 Å². The van der Waals surface area contributed by atoms with Crippen LogP contribution in [0.2, 0.25) is 0 Å². The predicted octanol–water partition coefficient (Wildman–Crippen LogP) is 0.991. The number of carbonyl (C=O) groups excluding carboxylic acids is 1. The molecule has 0 saturated carbocycles. The van der Waals surface area contributed by atoms with Crippen LogP contribution in [0.4, 0.5) is 0 Å². The lowest BCUT2D eigenvalue weighted by atomic mass is 10.2. The fourth-order valence-electron chi connectivity index (χ4n) is 0.886. The number of carbonyl (C=O) groups is 2. The summed E-state index contributed by atoms with van der Waals surface area (Å²) < 4.78 is 0. The summed E-state index contributed by atoms with van der Waals surface area (Å²) >= 11 is 1.35. The molecule has 0 bridgehead atoms. The number of hydrogen-bond donors (Lipinski definition) is 1. The minimum Gasteiger partial charge on any atom is -0.480 e. The summed E-state index contributed by atoms with van der Waals surface area (Å²) in [6.07, 6.45) is 2.18. The fourth-order valence-corrected chi connectivity index (χ4v) is 1.49. The molecule has 0 heterocycles. The van der Waals surface area contributed by atoms with Gasteiger partial charge in [0.05, 0.1) is 5.60 Å². The first kappa shape index (κ1) is 14.2. The van der Waals surface area contributed by atoms with Gasteiger partial charge in [0.25, 0.3) is 0 Å². The van der Waals surface area contributed by atoms with Crippen molar-refractivity contribution in [2.24, 2.45) is 0 Å². The Labute approximate surface area is 93.7 Å². The van der Waals surface area contributed by atoms with Gasteiger partial charge in [-0.05, 0) is 27.0 Å². The van der Waals surface area contributed by atoms with Gasteiger partial charge in [-0.3, -0.25) is 9.63 Å². The molecule has 0 fully saturated rings. The lowest BCUT2D eigenvalue weighted by Gasteiger charge is -2.30. The van der Waals surface area contributed by atoms with Crippen LogP contribution in [0.5, 0.6) is 0 Å². The molecule has 6 heteroatoms. The van der Waals surface area contributed by atoms with E-state index in [9.17, 15) is 9.59 Å². The van der Waals surface area contributed by atoms with Crippen LogP contribution < -0.4 is 0 Å². The van der Waals surface area contributed by atoms with Gasteiger partial charge in [0, 0.05) is 5.75 Å². The summed E-state index contributed by atoms with van der Waals surface area (Å²) in [5.74, 6) is -0.773. The molecule has 1 N–H and O–H groups in total. The van der Waals surface area contributed by atoms with E-state index in [-0.39, 0.29) is 0 Å². The molecule has 0 aliphatic carbocycles. The summed E-state index contributed by atoms with van der Waals surface area (Å²) in [7, 11) is 0. The zero-order chi connectivity index (χ0) is 12.1. The van der Waals surface area contributed by atoms with Crippen molar-refractivity contribution >= 4 is 24.1 Å². The second-order valence-corrected chi connectivity index (χ2v) is 4.89. The monoisotopic (exact) mass is 235 g/mol. The lowest BCUT2D eigenvalue weighted by molar-refractivity contribution is -0.231. The number of carboxylic acid groups (broad SMARTS) is 1. The standard InChI is InChI=1S/C9H17NO4S/c1-9(2,3)14-10(6-11)7(5-15-4)8(12)13/h6-7H,5H2,1-4H3,(H,12,13). The van der Waals surface area contributed by atoms with E-state index in [2.05, 4.69) is 0 Å². The maximum atomic E-state index is 10.9. The Bertz CT molecular complexity index is 227. The first-order chi connectivity index (χ1) is 6.81. The van der Waals surface area contributed by atoms with Crippen molar-refractivity contribution in [3.63, 3.8) is 0 Å². The molecular weight excluding hydrogens is 218 g/mol. The van der Waals surface area contributed by atoms with Gasteiger partial charge in [-0.2, -0.15) is 11.8 Å². The van der Waals surface area contributed by atoms with Crippen LogP contribution in [-0.2, 0) is 14.4 Å². The number of nitrogens with zero attached hydrogens (tertiary/aromatic N) is 1. The highest BCUT2D eigenvalue weighted by Gasteiger charge is 2.28. The van der Waals surface area contributed by atoms with E-state index >= 15 is 0 Å². The van der Waals surface area contributed by atoms with Crippen LogP contribution in [0.3, 0.4) is 0 Å². The maximum Gasteiger partial charge on any atom is 0.329 e. The van der Waals surface area contributed by atoms with Gasteiger partial charge in [-0.25, -0.2) is 9.86 Å². The van der Waals surface area contributed by atoms with Gasteiger partial charge >= 0.3 is 5.97 Å². The second-order valence-electron chi connectivity index (χ2n) is 3.98. The minimum atomic E-state index is -1.07. The van der Waals surface area contributed by atoms with Crippen molar-refractivity contribution in [2.45, 2.75) is 32.4 Å². The summed E-state index contributed by atoms with van der Waals surface area (Å²) in [5, 5.41) is 9.77. The van der Waals surface area contributed by atoms with Crippen LogP contribution in [0.25, 0.3) is 0 Å². The Morgan fingerprint density at radius 2 is 2.13 bits per heavy atom. The van der Waals surface area contributed by atoms with E-state index < -0.39 is 17.6 Å². The van der Waals surface area contributed by atoms with Gasteiger partial charge < -0.3 is 5.11 Å².